The van der Waals surface area contributed by atoms with E-state index in [1.54, 1.807) is 0 Å². The monoisotopic (exact) mass is 160 g/mol. The highest BCUT2D eigenvalue weighted by Gasteiger charge is 2.21. The van der Waals surface area contributed by atoms with E-state index in [4.69, 9.17) is 0 Å². The highest BCUT2D eigenvalue weighted by Crippen LogP contribution is 2.32. The predicted molar refractivity (Wildman–Crippen MR) is 46.3 cm³/mol. The summed E-state index contributed by atoms with van der Waals surface area (Å²) in [4.78, 5) is 11.1. The maximum absolute atomic E-state index is 11.1. The predicted octanol–water partition coefficient (Wildman–Crippen LogP) is 1.71. The van der Waals surface area contributed by atoms with Crippen molar-refractivity contribution in [3.8, 4) is 0 Å². The van der Waals surface area contributed by atoms with Crippen molar-refractivity contribution in [3.05, 3.63) is 35.4 Å². The van der Waals surface area contributed by atoms with E-state index in [0.29, 0.717) is 5.57 Å². The number of esters is 1. The van der Waals surface area contributed by atoms with Crippen LogP contribution in [-0.2, 0) is 9.53 Å². The van der Waals surface area contributed by atoms with E-state index < -0.39 is 0 Å². The number of ether oxygens (including phenoxy) is 1. The minimum Gasteiger partial charge on any atom is -0.465 e. The molecule has 2 rings (SSSR count). The second kappa shape index (κ2) is 2.48. The van der Waals surface area contributed by atoms with Crippen LogP contribution in [0.25, 0.3) is 11.6 Å². The van der Waals surface area contributed by atoms with Crippen molar-refractivity contribution in [3.63, 3.8) is 0 Å². The van der Waals surface area contributed by atoms with Crippen molar-refractivity contribution in [1.82, 2.24) is 0 Å². The molecule has 0 radical (unpaired) electrons. The number of hydrogen-bond donors (Lipinski definition) is 0. The largest absolute Gasteiger partial charge is 0.465 e. The van der Waals surface area contributed by atoms with Gasteiger partial charge in [-0.05, 0) is 17.2 Å². The summed E-state index contributed by atoms with van der Waals surface area (Å²) in [6.45, 7) is 0. The van der Waals surface area contributed by atoms with Crippen molar-refractivity contribution in [2.75, 3.05) is 7.11 Å². The highest BCUT2D eigenvalue weighted by atomic mass is 16.5. The molecule has 1 aromatic carbocycles. The Balaban J connectivity index is 2.34. The minimum absolute atomic E-state index is 0.256. The molecular weight excluding hydrogens is 152 g/mol. The number of carbonyl (C=O) groups excluding carboxylic acids is 1. The molecule has 0 saturated carbocycles. The van der Waals surface area contributed by atoms with Gasteiger partial charge in [0.05, 0.1) is 12.7 Å². The van der Waals surface area contributed by atoms with Crippen molar-refractivity contribution in [2.24, 2.45) is 0 Å². The van der Waals surface area contributed by atoms with Gasteiger partial charge in [0.15, 0.2) is 0 Å². The normalized spacial score (nSPS) is 12.6. The molecule has 60 valence electrons. The zero-order chi connectivity index (χ0) is 8.55. The minimum atomic E-state index is -0.256. The Morgan fingerprint density at radius 2 is 2.08 bits per heavy atom. The molecule has 0 saturated heterocycles. The lowest BCUT2D eigenvalue weighted by Crippen LogP contribution is -2.10. The summed E-state index contributed by atoms with van der Waals surface area (Å²) in [5.74, 6) is -0.256. The maximum atomic E-state index is 11.1. The average molecular weight is 160 g/mol. The Hall–Kier alpha value is -1.57. The summed E-state index contributed by atoms with van der Waals surface area (Å²) in [5.41, 5.74) is 2.77. The van der Waals surface area contributed by atoms with Crippen molar-refractivity contribution < 1.29 is 9.53 Å². The van der Waals surface area contributed by atoms with Crippen molar-refractivity contribution in [2.45, 2.75) is 0 Å². The average Bonchev–Trinajstić information content (AvgIpc) is 2.07. The van der Waals surface area contributed by atoms with Gasteiger partial charge in [-0.2, -0.15) is 0 Å². The summed E-state index contributed by atoms with van der Waals surface area (Å²) in [6, 6.07) is 7.75. The first-order valence-electron chi connectivity index (χ1n) is 3.72. The van der Waals surface area contributed by atoms with Gasteiger partial charge in [0.25, 0.3) is 0 Å². The van der Waals surface area contributed by atoms with E-state index in [-0.39, 0.29) is 5.97 Å². The summed E-state index contributed by atoms with van der Waals surface area (Å²) >= 11 is 0. The van der Waals surface area contributed by atoms with Gasteiger partial charge in [0.2, 0.25) is 0 Å². The lowest BCUT2D eigenvalue weighted by Gasteiger charge is -2.16. The topological polar surface area (TPSA) is 26.3 Å². The van der Waals surface area contributed by atoms with E-state index in [9.17, 15) is 4.79 Å². The van der Waals surface area contributed by atoms with Crippen LogP contribution < -0.4 is 0 Å². The zero-order valence-corrected chi connectivity index (χ0v) is 6.70. The van der Waals surface area contributed by atoms with Crippen LogP contribution in [0.1, 0.15) is 11.1 Å². The van der Waals surface area contributed by atoms with Crippen molar-refractivity contribution >= 4 is 17.6 Å². The Kier molecular flexibility index (Phi) is 1.47. The Morgan fingerprint density at radius 3 is 2.75 bits per heavy atom. The van der Waals surface area contributed by atoms with Crippen LogP contribution >= 0.6 is 0 Å². The SMILES string of the molecule is COC(=O)C1=Cc2ccccc21. The molecule has 0 atom stereocenters. The molecule has 0 aliphatic heterocycles. The Morgan fingerprint density at radius 1 is 1.33 bits per heavy atom. The molecule has 0 unspecified atom stereocenters. The molecule has 0 fully saturated rings. The number of fused-ring (bicyclic) bond motifs is 1. The molecular formula is C10H8O2. The van der Waals surface area contributed by atoms with Gasteiger partial charge in [-0.15, -0.1) is 0 Å². The second-order valence-electron chi connectivity index (χ2n) is 2.64. The molecule has 2 heteroatoms. The third kappa shape index (κ3) is 0.848. The number of hydrogen-bond acceptors (Lipinski definition) is 2. The fraction of sp³-hybridized carbons (Fsp3) is 0.100. The fourth-order valence-corrected chi connectivity index (χ4v) is 1.30. The summed E-state index contributed by atoms with van der Waals surface area (Å²) in [7, 11) is 1.39. The van der Waals surface area contributed by atoms with Gasteiger partial charge in [0.1, 0.15) is 0 Å². The van der Waals surface area contributed by atoms with Crippen LogP contribution in [0.3, 0.4) is 0 Å². The molecule has 1 aliphatic carbocycles. The van der Waals surface area contributed by atoms with E-state index in [0.717, 1.165) is 11.1 Å². The third-order valence-electron chi connectivity index (χ3n) is 1.96. The first-order chi connectivity index (χ1) is 5.83. The van der Waals surface area contributed by atoms with Gasteiger partial charge >= 0.3 is 5.97 Å². The van der Waals surface area contributed by atoms with Crippen LogP contribution in [-0.4, -0.2) is 13.1 Å². The number of methoxy groups -OCH3 is 1. The smallest absolute Gasteiger partial charge is 0.338 e. The number of rotatable bonds is 1. The Bertz CT molecular complexity index is 364. The molecule has 0 heterocycles. The summed E-state index contributed by atoms with van der Waals surface area (Å²) < 4.78 is 4.60. The van der Waals surface area contributed by atoms with Crippen LogP contribution in [0.2, 0.25) is 0 Å². The van der Waals surface area contributed by atoms with Gasteiger partial charge < -0.3 is 4.74 Å². The molecule has 0 amide bonds. The first-order valence-corrected chi connectivity index (χ1v) is 3.72. The number of benzene rings is 1. The highest BCUT2D eigenvalue weighted by molar-refractivity contribution is 6.27. The van der Waals surface area contributed by atoms with Gasteiger partial charge in [-0.25, -0.2) is 4.79 Å². The summed E-state index contributed by atoms with van der Waals surface area (Å²) in [6.07, 6.45) is 1.83. The third-order valence-corrected chi connectivity index (χ3v) is 1.96. The molecule has 2 nitrogen and oxygen atoms in total. The molecule has 0 N–H and O–H groups in total. The Labute approximate surface area is 70.5 Å². The van der Waals surface area contributed by atoms with E-state index in [1.807, 2.05) is 30.3 Å². The second-order valence-corrected chi connectivity index (χ2v) is 2.64. The standard InChI is InChI=1S/C10H8O2/c1-12-10(11)9-6-7-4-2-3-5-8(7)9/h2-6H,1H3. The van der Waals surface area contributed by atoms with E-state index in [1.165, 1.54) is 7.11 Å². The van der Waals surface area contributed by atoms with Crippen LogP contribution in [0.5, 0.6) is 0 Å². The van der Waals surface area contributed by atoms with E-state index >= 15 is 0 Å². The van der Waals surface area contributed by atoms with Crippen LogP contribution in [0.4, 0.5) is 0 Å². The molecule has 1 aliphatic rings. The van der Waals surface area contributed by atoms with Crippen LogP contribution in [0.15, 0.2) is 24.3 Å². The molecule has 0 bridgehead atoms. The molecule has 12 heavy (non-hydrogen) atoms. The number of carbonyl (C=O) groups is 1. The lowest BCUT2D eigenvalue weighted by molar-refractivity contribution is -0.133. The summed E-state index contributed by atoms with van der Waals surface area (Å²) in [5, 5.41) is 0. The first kappa shape index (κ1) is 7.10. The quantitative estimate of drug-likeness (QED) is 0.584. The van der Waals surface area contributed by atoms with Gasteiger partial charge in [-0.3, -0.25) is 0 Å². The van der Waals surface area contributed by atoms with E-state index in [2.05, 4.69) is 4.74 Å². The molecule has 0 aromatic heterocycles. The molecule has 0 spiro atoms. The lowest BCUT2D eigenvalue weighted by atomic mass is 9.89. The van der Waals surface area contributed by atoms with Gasteiger partial charge in [0, 0.05) is 0 Å². The molecule has 1 aromatic rings. The van der Waals surface area contributed by atoms with Crippen molar-refractivity contribution in [1.29, 1.82) is 0 Å². The van der Waals surface area contributed by atoms with Gasteiger partial charge in [-0.1, -0.05) is 24.3 Å². The zero-order valence-electron chi connectivity index (χ0n) is 6.70. The maximum Gasteiger partial charge on any atom is 0.338 e. The fourth-order valence-electron chi connectivity index (χ4n) is 1.30. The van der Waals surface area contributed by atoms with Crippen LogP contribution in [0, 0.1) is 0 Å².